The van der Waals surface area contributed by atoms with Crippen LogP contribution in [0.4, 0.5) is 10.5 Å². The Labute approximate surface area is 141 Å². The molecule has 2 aromatic carbocycles. The molecule has 8 heteroatoms. The van der Waals surface area contributed by atoms with Crippen molar-refractivity contribution in [3.05, 3.63) is 52.0 Å². The van der Waals surface area contributed by atoms with Crippen molar-refractivity contribution in [3.63, 3.8) is 0 Å². The van der Waals surface area contributed by atoms with E-state index in [2.05, 4.69) is 15.9 Å². The van der Waals surface area contributed by atoms with Gasteiger partial charge in [-0.25, -0.2) is 21.5 Å². The molecule has 0 aliphatic heterocycles. The van der Waals surface area contributed by atoms with Gasteiger partial charge in [-0.2, -0.15) is 0 Å². The minimum absolute atomic E-state index is 0.133. The van der Waals surface area contributed by atoms with Crippen molar-refractivity contribution in [1.29, 1.82) is 0 Å². The molecule has 0 aromatic heterocycles. The quantitative estimate of drug-likeness (QED) is 0.369. The summed E-state index contributed by atoms with van der Waals surface area (Å²) < 4.78 is 6.38. The van der Waals surface area contributed by atoms with Gasteiger partial charge in [-0.15, -0.1) is 0 Å². The van der Waals surface area contributed by atoms with E-state index in [9.17, 15) is 9.90 Å². The molecule has 0 saturated carbocycles. The molecule has 0 aliphatic carbocycles. The lowest BCUT2D eigenvalue weighted by molar-refractivity contribution is 0.246. The topological polar surface area (TPSA) is 114 Å². The van der Waals surface area contributed by atoms with Crippen molar-refractivity contribution in [2.75, 3.05) is 5.01 Å². The first-order valence-corrected chi connectivity index (χ1v) is 7.48. The second-order valence-electron chi connectivity index (χ2n) is 4.80. The summed E-state index contributed by atoms with van der Waals surface area (Å²) in [6, 6.07) is 9.44. The highest BCUT2D eigenvalue weighted by molar-refractivity contribution is 9.10. The fourth-order valence-electron chi connectivity index (χ4n) is 2.04. The second kappa shape index (κ2) is 7.32. The molecule has 0 saturated heterocycles. The Kier molecular flexibility index (Phi) is 5.43. The van der Waals surface area contributed by atoms with Gasteiger partial charge in [-0.1, -0.05) is 12.1 Å². The van der Waals surface area contributed by atoms with Crippen LogP contribution in [0.2, 0.25) is 0 Å². The van der Waals surface area contributed by atoms with Gasteiger partial charge < -0.3 is 9.84 Å². The molecule has 0 radical (unpaired) electrons. The summed E-state index contributed by atoms with van der Waals surface area (Å²) in [5.41, 5.74) is 4.14. The van der Waals surface area contributed by atoms with Gasteiger partial charge in [0.2, 0.25) is 0 Å². The molecule has 0 spiro atoms. The summed E-state index contributed by atoms with van der Waals surface area (Å²) in [5, 5.41) is 10.3. The highest BCUT2D eigenvalue weighted by atomic mass is 79.9. The van der Waals surface area contributed by atoms with Gasteiger partial charge in [0.15, 0.2) is 0 Å². The highest BCUT2D eigenvalue weighted by Gasteiger charge is 2.16. The van der Waals surface area contributed by atoms with Crippen LogP contribution in [0.15, 0.2) is 40.9 Å². The molecular formula is C15H17BrN4O3. The Morgan fingerprint density at radius 1 is 1.39 bits per heavy atom. The Bertz CT molecular complexity index is 724. The van der Waals surface area contributed by atoms with E-state index in [1.54, 1.807) is 18.2 Å². The Hall–Kier alpha value is -2.29. The van der Waals surface area contributed by atoms with Crippen LogP contribution in [0.1, 0.15) is 11.1 Å². The SMILES string of the molecule is Cc1cccc(N(N)C(=O)NN)c1COc1ccc(O)cc1Br. The number of benzene rings is 2. The third-order valence-electron chi connectivity index (χ3n) is 3.27. The number of anilines is 1. The van der Waals surface area contributed by atoms with E-state index in [0.29, 0.717) is 15.9 Å². The van der Waals surface area contributed by atoms with Crippen LogP contribution in [-0.2, 0) is 6.61 Å². The number of halogens is 1. The van der Waals surface area contributed by atoms with Crippen LogP contribution in [0, 0.1) is 6.92 Å². The molecule has 0 heterocycles. The molecule has 122 valence electrons. The van der Waals surface area contributed by atoms with E-state index in [1.165, 1.54) is 12.1 Å². The number of phenols is 1. The van der Waals surface area contributed by atoms with Crippen LogP contribution in [0.25, 0.3) is 0 Å². The highest BCUT2D eigenvalue weighted by Crippen LogP contribution is 2.30. The smallest absolute Gasteiger partial charge is 0.350 e. The monoisotopic (exact) mass is 380 g/mol. The van der Waals surface area contributed by atoms with Crippen LogP contribution < -0.4 is 26.9 Å². The van der Waals surface area contributed by atoms with Gasteiger partial charge in [0, 0.05) is 5.56 Å². The molecule has 23 heavy (non-hydrogen) atoms. The Balaban J connectivity index is 2.27. The third kappa shape index (κ3) is 3.92. The van der Waals surface area contributed by atoms with Crippen molar-refractivity contribution >= 4 is 27.6 Å². The number of ether oxygens (including phenoxy) is 1. The molecule has 0 atom stereocenters. The Morgan fingerprint density at radius 2 is 2.13 bits per heavy atom. The number of aromatic hydroxyl groups is 1. The van der Waals surface area contributed by atoms with Crippen LogP contribution in [0.5, 0.6) is 11.5 Å². The number of carbonyl (C=O) groups excluding carboxylic acids is 1. The molecule has 0 unspecified atom stereocenters. The fraction of sp³-hybridized carbons (Fsp3) is 0.133. The van der Waals surface area contributed by atoms with E-state index in [0.717, 1.165) is 16.1 Å². The minimum Gasteiger partial charge on any atom is -0.508 e. The van der Waals surface area contributed by atoms with E-state index in [1.807, 2.05) is 18.4 Å². The number of nitrogens with one attached hydrogen (secondary N) is 1. The van der Waals surface area contributed by atoms with Crippen molar-refractivity contribution < 1.29 is 14.6 Å². The van der Waals surface area contributed by atoms with E-state index >= 15 is 0 Å². The Morgan fingerprint density at radius 3 is 2.78 bits per heavy atom. The van der Waals surface area contributed by atoms with E-state index in [4.69, 9.17) is 16.4 Å². The number of nitrogens with two attached hydrogens (primary N) is 2. The number of nitrogens with zero attached hydrogens (tertiary/aromatic N) is 1. The van der Waals surface area contributed by atoms with Gasteiger partial charge in [-0.05, 0) is 52.7 Å². The first kappa shape index (κ1) is 17.1. The maximum absolute atomic E-state index is 11.6. The lowest BCUT2D eigenvalue weighted by Gasteiger charge is -2.21. The van der Waals surface area contributed by atoms with Crippen molar-refractivity contribution in [2.24, 2.45) is 11.7 Å². The van der Waals surface area contributed by atoms with Crippen molar-refractivity contribution in [3.8, 4) is 11.5 Å². The maximum atomic E-state index is 11.6. The summed E-state index contributed by atoms with van der Waals surface area (Å²) in [6.07, 6.45) is 0. The van der Waals surface area contributed by atoms with Crippen molar-refractivity contribution in [2.45, 2.75) is 13.5 Å². The van der Waals surface area contributed by atoms with Gasteiger partial charge in [0.25, 0.3) is 0 Å². The first-order chi connectivity index (χ1) is 10.9. The zero-order valence-corrected chi connectivity index (χ0v) is 14.0. The number of amides is 2. The standard InChI is InChI=1S/C15H17BrN4O3/c1-9-3-2-4-13(20(18)15(22)19-17)11(9)8-23-14-6-5-10(21)7-12(14)16/h2-7,21H,8,17-18H2,1H3,(H,19,22). The lowest BCUT2D eigenvalue weighted by atomic mass is 10.1. The summed E-state index contributed by atoms with van der Waals surface area (Å²) in [7, 11) is 0. The van der Waals surface area contributed by atoms with Crippen molar-refractivity contribution in [1.82, 2.24) is 5.43 Å². The average molecular weight is 381 g/mol. The minimum atomic E-state index is -0.636. The number of hydrogen-bond donors (Lipinski definition) is 4. The summed E-state index contributed by atoms with van der Waals surface area (Å²) in [4.78, 5) is 11.6. The molecule has 0 bridgehead atoms. The largest absolute Gasteiger partial charge is 0.508 e. The van der Waals surface area contributed by atoms with Gasteiger partial charge in [-0.3, -0.25) is 5.43 Å². The molecular weight excluding hydrogens is 364 g/mol. The molecule has 6 N–H and O–H groups in total. The summed E-state index contributed by atoms with van der Waals surface area (Å²) >= 11 is 3.32. The number of phenolic OH excluding ortho intramolecular Hbond substituents is 1. The number of rotatable bonds is 4. The number of urea groups is 1. The molecule has 0 aliphatic rings. The van der Waals surface area contributed by atoms with Crippen LogP contribution in [-0.4, -0.2) is 11.1 Å². The summed E-state index contributed by atoms with van der Waals surface area (Å²) in [5.74, 6) is 11.6. The van der Waals surface area contributed by atoms with Gasteiger partial charge >= 0.3 is 6.03 Å². The average Bonchev–Trinajstić information content (AvgIpc) is 2.53. The molecule has 2 amide bonds. The molecule has 2 rings (SSSR count). The van der Waals surface area contributed by atoms with E-state index < -0.39 is 6.03 Å². The molecule has 7 nitrogen and oxygen atoms in total. The van der Waals surface area contributed by atoms with Crippen LogP contribution >= 0.6 is 15.9 Å². The third-order valence-corrected chi connectivity index (χ3v) is 3.89. The molecule has 0 fully saturated rings. The zero-order valence-electron chi connectivity index (χ0n) is 12.4. The van der Waals surface area contributed by atoms with Gasteiger partial charge in [0.05, 0.1) is 10.2 Å². The predicted octanol–water partition coefficient (Wildman–Crippen LogP) is 2.31. The lowest BCUT2D eigenvalue weighted by Crippen LogP contribution is -2.48. The number of carbonyl (C=O) groups is 1. The van der Waals surface area contributed by atoms with Gasteiger partial charge in [0.1, 0.15) is 18.1 Å². The number of aryl methyl sites for hydroxylation is 1. The second-order valence-corrected chi connectivity index (χ2v) is 5.65. The first-order valence-electron chi connectivity index (χ1n) is 6.69. The normalized spacial score (nSPS) is 10.3. The maximum Gasteiger partial charge on any atom is 0.350 e. The summed E-state index contributed by atoms with van der Waals surface area (Å²) in [6.45, 7) is 2.08. The predicted molar refractivity (Wildman–Crippen MR) is 90.7 cm³/mol. The fourth-order valence-corrected chi connectivity index (χ4v) is 2.52. The van der Waals surface area contributed by atoms with E-state index in [-0.39, 0.29) is 12.4 Å². The molecule has 2 aromatic rings. The number of hydrazine groups is 2. The van der Waals surface area contributed by atoms with Crippen LogP contribution in [0.3, 0.4) is 0 Å². The zero-order chi connectivity index (χ0) is 17.0. The number of hydrogen-bond acceptors (Lipinski definition) is 5.